The largest absolute Gasteiger partial charge is 0.384 e. The molecule has 0 spiro atoms. The summed E-state index contributed by atoms with van der Waals surface area (Å²) < 4.78 is 31.5. The van der Waals surface area contributed by atoms with Gasteiger partial charge in [-0.15, -0.1) is 0 Å². The van der Waals surface area contributed by atoms with Crippen LogP contribution < -0.4 is 4.72 Å². The monoisotopic (exact) mass is 283 g/mol. The van der Waals surface area contributed by atoms with E-state index in [-0.39, 0.29) is 18.4 Å². The maximum Gasteiger partial charge on any atom is 0.214 e. The Morgan fingerprint density at radius 2 is 2.00 bits per heavy atom. The van der Waals surface area contributed by atoms with Gasteiger partial charge in [-0.05, 0) is 30.7 Å². The first kappa shape index (κ1) is 14.5. The molecule has 0 aliphatic heterocycles. The minimum atomic E-state index is -3.24. The molecule has 0 aromatic heterocycles. The van der Waals surface area contributed by atoms with E-state index in [4.69, 9.17) is 4.74 Å². The molecule has 1 atom stereocenters. The Morgan fingerprint density at radius 3 is 2.58 bits per heavy atom. The van der Waals surface area contributed by atoms with Gasteiger partial charge in [0.15, 0.2) is 0 Å². The highest BCUT2D eigenvalue weighted by molar-refractivity contribution is 7.89. The number of ether oxygens (including phenoxy) is 1. The average molecular weight is 283 g/mol. The topological polar surface area (TPSA) is 55.4 Å². The van der Waals surface area contributed by atoms with Crippen molar-refractivity contribution in [2.75, 3.05) is 19.5 Å². The second-order valence-electron chi connectivity index (χ2n) is 5.06. The van der Waals surface area contributed by atoms with Gasteiger partial charge in [-0.3, -0.25) is 0 Å². The van der Waals surface area contributed by atoms with Crippen LogP contribution >= 0.6 is 0 Å². The predicted molar refractivity (Wildman–Crippen MR) is 75.5 cm³/mol. The first-order chi connectivity index (χ1) is 9.11. The normalized spacial score (nSPS) is 17.3. The average Bonchev–Trinajstić information content (AvgIpc) is 3.21. The Bertz CT molecular complexity index is 483. The number of rotatable bonds is 8. The van der Waals surface area contributed by atoms with Crippen LogP contribution in [0.2, 0.25) is 0 Å². The molecule has 1 fully saturated rings. The zero-order valence-corrected chi connectivity index (χ0v) is 12.0. The molecule has 1 N–H and O–H groups in total. The first-order valence-electron chi connectivity index (χ1n) is 6.63. The highest BCUT2D eigenvalue weighted by atomic mass is 32.2. The molecular formula is C14H21NO3S. The standard InChI is InChI=1S/C14H21NO3S/c1-18-9-10-19(16,17)15-14(13-7-8-13)11-12-5-3-2-4-6-12/h2-6,13-15H,7-11H2,1H3/t14-/m1/s1. The summed E-state index contributed by atoms with van der Waals surface area (Å²) >= 11 is 0. The molecule has 0 saturated heterocycles. The minimum Gasteiger partial charge on any atom is -0.384 e. The SMILES string of the molecule is COCCS(=O)(=O)N[C@H](Cc1ccccc1)C1CC1. The molecule has 1 aliphatic rings. The molecule has 0 amide bonds. The number of hydrogen-bond donors (Lipinski definition) is 1. The van der Waals surface area contributed by atoms with Gasteiger partial charge in [0.2, 0.25) is 10.0 Å². The Kier molecular flexibility index (Phi) is 4.96. The maximum absolute atomic E-state index is 11.9. The molecule has 1 aliphatic carbocycles. The first-order valence-corrected chi connectivity index (χ1v) is 8.29. The minimum absolute atomic E-state index is 0.0178. The van der Waals surface area contributed by atoms with Crippen LogP contribution in [0.5, 0.6) is 0 Å². The van der Waals surface area contributed by atoms with Gasteiger partial charge in [0.05, 0.1) is 12.4 Å². The lowest BCUT2D eigenvalue weighted by molar-refractivity contribution is 0.216. The highest BCUT2D eigenvalue weighted by Crippen LogP contribution is 2.34. The number of nitrogens with one attached hydrogen (secondary N) is 1. The van der Waals surface area contributed by atoms with Crippen molar-refractivity contribution in [1.82, 2.24) is 4.72 Å². The lowest BCUT2D eigenvalue weighted by atomic mass is 10.0. The van der Waals surface area contributed by atoms with Crippen molar-refractivity contribution in [1.29, 1.82) is 0 Å². The molecule has 5 heteroatoms. The molecule has 1 aromatic rings. The fourth-order valence-electron chi connectivity index (χ4n) is 2.15. The molecule has 106 valence electrons. The number of sulfonamides is 1. The van der Waals surface area contributed by atoms with Crippen LogP contribution in [-0.4, -0.2) is 33.9 Å². The quantitative estimate of drug-likeness (QED) is 0.788. The zero-order chi connectivity index (χ0) is 13.7. The summed E-state index contributed by atoms with van der Waals surface area (Å²) in [4.78, 5) is 0. The van der Waals surface area contributed by atoms with E-state index >= 15 is 0 Å². The van der Waals surface area contributed by atoms with E-state index in [2.05, 4.69) is 4.72 Å². The van der Waals surface area contributed by atoms with Crippen molar-refractivity contribution in [3.8, 4) is 0 Å². The second kappa shape index (κ2) is 6.50. The number of benzene rings is 1. The van der Waals surface area contributed by atoms with Crippen LogP contribution in [0.15, 0.2) is 30.3 Å². The van der Waals surface area contributed by atoms with Gasteiger partial charge in [0.25, 0.3) is 0 Å². The Labute approximate surface area is 115 Å². The zero-order valence-electron chi connectivity index (χ0n) is 11.2. The third-order valence-corrected chi connectivity index (χ3v) is 4.74. The Morgan fingerprint density at radius 1 is 1.32 bits per heavy atom. The summed E-state index contributed by atoms with van der Waals surface area (Å²) in [6.07, 6.45) is 2.99. The second-order valence-corrected chi connectivity index (χ2v) is 6.94. The molecule has 2 rings (SSSR count). The summed E-state index contributed by atoms with van der Waals surface area (Å²) in [7, 11) is -1.73. The molecule has 19 heavy (non-hydrogen) atoms. The molecule has 1 saturated carbocycles. The molecule has 0 bridgehead atoms. The lowest BCUT2D eigenvalue weighted by Crippen LogP contribution is -2.40. The van der Waals surface area contributed by atoms with Crippen LogP contribution in [-0.2, 0) is 21.2 Å². The van der Waals surface area contributed by atoms with Crippen molar-refractivity contribution >= 4 is 10.0 Å². The van der Waals surface area contributed by atoms with E-state index in [9.17, 15) is 8.42 Å². The summed E-state index contributed by atoms with van der Waals surface area (Å²) in [5.41, 5.74) is 1.17. The van der Waals surface area contributed by atoms with Gasteiger partial charge >= 0.3 is 0 Å². The van der Waals surface area contributed by atoms with E-state index in [1.807, 2.05) is 30.3 Å². The van der Waals surface area contributed by atoms with Crippen LogP contribution in [0.4, 0.5) is 0 Å². The summed E-state index contributed by atoms with van der Waals surface area (Å²) in [5, 5.41) is 0. The molecule has 0 unspecified atom stereocenters. The molecule has 0 radical (unpaired) electrons. The van der Waals surface area contributed by atoms with Gasteiger partial charge in [-0.1, -0.05) is 30.3 Å². The van der Waals surface area contributed by atoms with Crippen molar-refractivity contribution in [3.05, 3.63) is 35.9 Å². The molecular weight excluding hydrogens is 262 g/mol. The van der Waals surface area contributed by atoms with E-state index < -0.39 is 10.0 Å². The van der Waals surface area contributed by atoms with Crippen LogP contribution in [0.3, 0.4) is 0 Å². The van der Waals surface area contributed by atoms with Gasteiger partial charge in [-0.2, -0.15) is 0 Å². The summed E-state index contributed by atoms with van der Waals surface area (Å²) in [5.74, 6) is 0.513. The van der Waals surface area contributed by atoms with E-state index in [0.717, 1.165) is 19.3 Å². The molecule has 0 heterocycles. The Balaban J connectivity index is 1.97. The lowest BCUT2D eigenvalue weighted by Gasteiger charge is -2.18. The van der Waals surface area contributed by atoms with Crippen molar-refractivity contribution in [2.24, 2.45) is 5.92 Å². The third-order valence-electron chi connectivity index (χ3n) is 3.38. The van der Waals surface area contributed by atoms with Crippen LogP contribution in [0, 0.1) is 5.92 Å². The van der Waals surface area contributed by atoms with Gasteiger partial charge in [0.1, 0.15) is 0 Å². The summed E-state index contributed by atoms with van der Waals surface area (Å²) in [6.45, 7) is 0.234. The fraction of sp³-hybridized carbons (Fsp3) is 0.571. The molecule has 4 nitrogen and oxygen atoms in total. The van der Waals surface area contributed by atoms with Crippen molar-refractivity contribution in [2.45, 2.75) is 25.3 Å². The van der Waals surface area contributed by atoms with E-state index in [1.54, 1.807) is 0 Å². The van der Waals surface area contributed by atoms with Gasteiger partial charge in [0, 0.05) is 13.2 Å². The van der Waals surface area contributed by atoms with Crippen LogP contribution in [0.1, 0.15) is 18.4 Å². The fourth-order valence-corrected chi connectivity index (χ4v) is 3.39. The highest BCUT2D eigenvalue weighted by Gasteiger charge is 2.33. The molecule has 1 aromatic carbocycles. The van der Waals surface area contributed by atoms with E-state index in [1.165, 1.54) is 12.7 Å². The third kappa shape index (κ3) is 4.93. The predicted octanol–water partition coefficient (Wildman–Crippen LogP) is 1.57. The van der Waals surface area contributed by atoms with Gasteiger partial charge in [-0.25, -0.2) is 13.1 Å². The van der Waals surface area contributed by atoms with Crippen molar-refractivity contribution in [3.63, 3.8) is 0 Å². The summed E-state index contributed by atoms with van der Waals surface area (Å²) in [6, 6.07) is 10.0. The Hall–Kier alpha value is -0.910. The van der Waals surface area contributed by atoms with E-state index in [0.29, 0.717) is 5.92 Å². The smallest absolute Gasteiger partial charge is 0.214 e. The number of hydrogen-bond acceptors (Lipinski definition) is 3. The maximum atomic E-state index is 11.9. The van der Waals surface area contributed by atoms with Crippen LogP contribution in [0.25, 0.3) is 0 Å². The van der Waals surface area contributed by atoms with Gasteiger partial charge < -0.3 is 4.74 Å². The van der Waals surface area contributed by atoms with Crippen molar-refractivity contribution < 1.29 is 13.2 Å². The number of methoxy groups -OCH3 is 1.